The summed E-state index contributed by atoms with van der Waals surface area (Å²) in [5.74, 6) is 2.49. The van der Waals surface area contributed by atoms with Crippen molar-refractivity contribution in [2.75, 3.05) is 0 Å². The molecular weight excluding hydrogens is 1060 g/mol. The Balaban J connectivity index is -0.0000000584. The average Bonchev–Trinajstić information content (AvgIpc) is 4.48. The van der Waals surface area contributed by atoms with E-state index in [2.05, 4.69) is 96.0 Å². The largest absolute Gasteiger partial charge is 0.426 e. The molecule has 0 fully saturated rings. The summed E-state index contributed by atoms with van der Waals surface area (Å²) in [4.78, 5) is 11.7. The summed E-state index contributed by atoms with van der Waals surface area (Å²) in [6.07, 6.45) is 7.08. The summed E-state index contributed by atoms with van der Waals surface area (Å²) in [6.45, 7) is 55.1. The van der Waals surface area contributed by atoms with Crippen LogP contribution < -0.4 is 0 Å². The molecule has 0 spiro atoms. The van der Waals surface area contributed by atoms with Crippen molar-refractivity contribution in [1.29, 1.82) is 0 Å². The van der Waals surface area contributed by atoms with Crippen LogP contribution in [0, 0.1) is 27.7 Å². The number of thiophene rings is 1. The van der Waals surface area contributed by atoms with Crippen LogP contribution in [0.2, 0.25) is 0 Å². The average molecular weight is 1190 g/mol. The zero-order valence-corrected chi connectivity index (χ0v) is 57.4. The lowest BCUT2D eigenvalue weighted by Gasteiger charge is -1.92. The molecule has 10 aromatic rings. The van der Waals surface area contributed by atoms with Gasteiger partial charge in [0.25, 0.3) is 0 Å². The molecule has 0 unspecified atom stereocenters. The van der Waals surface area contributed by atoms with E-state index >= 15 is 0 Å². The van der Waals surface area contributed by atoms with Crippen molar-refractivity contribution in [3.8, 4) is 0 Å². The third-order valence-electron chi connectivity index (χ3n) is 6.43. The van der Waals surface area contributed by atoms with Crippen LogP contribution in [0.5, 0.6) is 0 Å². The van der Waals surface area contributed by atoms with E-state index in [1.807, 2.05) is 280 Å². The number of aromatic nitrogens is 7. The molecule has 6 aromatic heterocycles. The number of aryl methyl sites for hydroxylation is 4. The Kier molecular flexibility index (Phi) is 144. The van der Waals surface area contributed by atoms with Crippen molar-refractivity contribution in [2.24, 2.45) is 0 Å². The third-order valence-corrected chi connectivity index (χ3v) is 7.58. The number of rotatable bonds is 0. The Labute approximate surface area is 523 Å². The van der Waals surface area contributed by atoms with E-state index in [9.17, 15) is 0 Å². The molecule has 0 amide bonds. The number of hydrogen-bond acceptors (Lipinski definition) is 11. The van der Waals surface area contributed by atoms with Gasteiger partial charge in [0.1, 0.15) is 0 Å². The van der Waals surface area contributed by atoms with Crippen LogP contribution in [0.1, 0.15) is 212 Å². The third kappa shape index (κ3) is 84.3. The molecule has 0 saturated heterocycles. The Hall–Kier alpha value is -6.69. The highest BCUT2D eigenvalue weighted by Crippen LogP contribution is 2.11. The first-order valence-electron chi connectivity index (χ1n) is 29.4. The summed E-state index contributed by atoms with van der Waals surface area (Å²) in [5, 5.41) is 24.2. The molecular formula is C72H129N7O2S2. The van der Waals surface area contributed by atoms with E-state index < -0.39 is 0 Å². The van der Waals surface area contributed by atoms with Gasteiger partial charge in [-0.05, 0) is 45.8 Å². The van der Waals surface area contributed by atoms with Crippen molar-refractivity contribution in [2.45, 2.75) is 216 Å². The molecule has 11 heteroatoms. The van der Waals surface area contributed by atoms with Gasteiger partial charge in [-0.3, -0.25) is 15.0 Å². The van der Waals surface area contributed by atoms with Gasteiger partial charge < -0.3 is 8.83 Å². The predicted octanol–water partition coefficient (Wildman–Crippen LogP) is 26.3. The number of para-hydroxylation sites is 1. The van der Waals surface area contributed by atoms with Gasteiger partial charge in [-0.2, -0.15) is 11.3 Å². The highest BCUT2D eigenvalue weighted by molar-refractivity contribution is 7.07. The van der Waals surface area contributed by atoms with Crippen LogP contribution >= 0.6 is 22.7 Å². The maximum atomic E-state index is 4.86. The molecule has 9 nitrogen and oxygen atoms in total. The maximum Gasteiger partial charge on any atom is 0.213 e. The minimum absolute atomic E-state index is 0. The lowest BCUT2D eigenvalue weighted by Crippen LogP contribution is -1.73. The molecule has 0 radical (unpaired) electrons. The van der Waals surface area contributed by atoms with E-state index in [-0.39, 0.29) is 22.3 Å². The SMILES string of the molecule is C.C.C.CC.CC.CC.CC.CC.CC.CC.CC.CC.CC.CC.CC.Cc1nnc(C)o1.Cc1nnc(C)o1.c1ccc2ccccc2c1.c1ccc2ncccc2c1.c1ccccc1.c1ccncc1.c1ccsc1.c1cscn1. The molecule has 0 saturated carbocycles. The fraction of sp³-hybridized carbons (Fsp3) is 0.431. The first kappa shape index (κ1) is 108. The lowest BCUT2D eigenvalue weighted by atomic mass is 10.1. The molecule has 476 valence electrons. The molecule has 0 aliphatic rings. The molecule has 0 bridgehead atoms. The second-order valence-corrected chi connectivity index (χ2v) is 12.4. The van der Waals surface area contributed by atoms with Crippen molar-refractivity contribution >= 4 is 44.3 Å². The monoisotopic (exact) mass is 1190 g/mol. The van der Waals surface area contributed by atoms with Crippen molar-refractivity contribution < 1.29 is 8.83 Å². The molecule has 4 aromatic carbocycles. The fourth-order valence-corrected chi connectivity index (χ4v) is 4.84. The van der Waals surface area contributed by atoms with Gasteiger partial charge in [0.2, 0.25) is 23.6 Å². The number of thiazole rings is 1. The maximum absolute atomic E-state index is 4.86. The first-order chi connectivity index (χ1) is 39.5. The number of nitrogens with zero attached hydrogens (tertiary/aromatic N) is 7. The van der Waals surface area contributed by atoms with Crippen molar-refractivity contribution in [3.63, 3.8) is 0 Å². The second-order valence-electron chi connectivity index (χ2n) is 10.9. The molecule has 0 N–H and O–H groups in total. The number of pyridine rings is 2. The molecule has 83 heavy (non-hydrogen) atoms. The summed E-state index contributed by atoms with van der Waals surface area (Å²) in [6, 6.07) is 50.6. The summed E-state index contributed by atoms with van der Waals surface area (Å²) in [5.41, 5.74) is 2.85. The highest BCUT2D eigenvalue weighted by atomic mass is 32.1. The highest BCUT2D eigenvalue weighted by Gasteiger charge is 1.91. The minimum Gasteiger partial charge on any atom is -0.426 e. The number of hydrogen-bond donors (Lipinski definition) is 0. The van der Waals surface area contributed by atoms with Gasteiger partial charge in [-0.15, -0.1) is 31.7 Å². The number of fused-ring (bicyclic) bond motifs is 2. The van der Waals surface area contributed by atoms with Gasteiger partial charge >= 0.3 is 0 Å². The molecule has 10 rings (SSSR count). The van der Waals surface area contributed by atoms with E-state index in [4.69, 9.17) is 8.83 Å². The van der Waals surface area contributed by atoms with Crippen LogP contribution in [-0.2, 0) is 0 Å². The summed E-state index contributed by atoms with van der Waals surface area (Å²) in [7, 11) is 0. The predicted molar refractivity (Wildman–Crippen MR) is 387 cm³/mol. The minimum atomic E-state index is 0. The molecule has 0 atom stereocenters. The molecule has 0 aliphatic heterocycles. The van der Waals surface area contributed by atoms with E-state index in [1.165, 1.54) is 16.2 Å². The van der Waals surface area contributed by atoms with Crippen LogP contribution in [0.4, 0.5) is 0 Å². The van der Waals surface area contributed by atoms with Gasteiger partial charge in [0.15, 0.2) is 0 Å². The molecule has 0 aliphatic carbocycles. The number of benzene rings is 4. The van der Waals surface area contributed by atoms with Crippen molar-refractivity contribution in [3.05, 3.63) is 222 Å². The molecule has 6 heterocycles. The smallest absolute Gasteiger partial charge is 0.213 e. The van der Waals surface area contributed by atoms with Crippen LogP contribution in [-0.4, -0.2) is 35.3 Å². The van der Waals surface area contributed by atoms with E-state index in [0.29, 0.717) is 23.6 Å². The zero-order valence-electron chi connectivity index (χ0n) is 55.8. The van der Waals surface area contributed by atoms with E-state index in [1.54, 1.807) is 74.5 Å². The Bertz CT molecular complexity index is 1920. The van der Waals surface area contributed by atoms with Gasteiger partial charge in [-0.25, -0.2) is 0 Å². The lowest BCUT2D eigenvalue weighted by molar-refractivity contribution is 0.488. The first-order valence-corrected chi connectivity index (χ1v) is 31.3. The van der Waals surface area contributed by atoms with Crippen LogP contribution in [0.25, 0.3) is 21.7 Å². The van der Waals surface area contributed by atoms with Gasteiger partial charge in [0, 0.05) is 63.2 Å². The van der Waals surface area contributed by atoms with E-state index in [0.717, 1.165) is 5.52 Å². The Morgan fingerprint density at radius 2 is 0.554 bits per heavy atom. The Morgan fingerprint density at radius 1 is 0.265 bits per heavy atom. The van der Waals surface area contributed by atoms with Gasteiger partial charge in [0.05, 0.1) is 11.0 Å². The van der Waals surface area contributed by atoms with Gasteiger partial charge in [-0.1, -0.05) is 316 Å². The fourth-order valence-electron chi connectivity index (χ4n) is 4.04. The summed E-state index contributed by atoms with van der Waals surface area (Å²) >= 11 is 3.31. The summed E-state index contributed by atoms with van der Waals surface area (Å²) < 4.78 is 9.72. The van der Waals surface area contributed by atoms with Crippen molar-refractivity contribution in [1.82, 2.24) is 35.3 Å². The van der Waals surface area contributed by atoms with Crippen LogP contribution in [0.3, 0.4) is 0 Å². The quantitative estimate of drug-likeness (QED) is 0.146. The normalized spacial score (nSPS) is 6.99. The Morgan fingerprint density at radius 3 is 0.747 bits per heavy atom. The second kappa shape index (κ2) is 111. The van der Waals surface area contributed by atoms with Crippen LogP contribution in [0.15, 0.2) is 207 Å². The zero-order chi connectivity index (χ0) is 63.7. The topological polar surface area (TPSA) is 117 Å². The standard InChI is InChI=1S/C10H8.C9H7N.C6H6.C5H5N.2C4H6N2O.C4H4S.C3H3NS.12C2H6.3CH4/c1-2-6-10-8-4-3-7-9(10)5-1;1-2-6-9-8(4-1)5-3-7-10-9;2*1-2-4-6-5-3-1;2*1-3-5-6-4(2)7-3;1-2-4-5-3-1;1-2-5-3-4-1;12*1-2;;;/h1-8H;1-7H;1-6H;1-5H;2*1-2H3;1-4H;1-3H;12*1-2H3;3*1H4.